The minimum absolute atomic E-state index is 0.0692. The fraction of sp³-hybridized carbons (Fsp3) is 0.391. The van der Waals surface area contributed by atoms with Crippen molar-refractivity contribution in [3.63, 3.8) is 0 Å². The number of amides is 2. The minimum Gasteiger partial charge on any atom is -0.488 e. The van der Waals surface area contributed by atoms with E-state index in [1.54, 1.807) is 18.2 Å². The van der Waals surface area contributed by atoms with Gasteiger partial charge in [-0.3, -0.25) is 9.59 Å². The summed E-state index contributed by atoms with van der Waals surface area (Å²) in [7, 11) is 0. The van der Waals surface area contributed by atoms with Crippen LogP contribution in [0.1, 0.15) is 26.3 Å². The number of halogens is 3. The number of fused-ring (bicyclic) bond motifs is 1. The summed E-state index contributed by atoms with van der Waals surface area (Å²) in [6, 6.07) is 10.5. The first-order valence-corrected chi connectivity index (χ1v) is 10.2. The summed E-state index contributed by atoms with van der Waals surface area (Å²) in [6.45, 7) is 5.32. The summed E-state index contributed by atoms with van der Waals surface area (Å²) in [5.74, 6) is -0.248. The zero-order chi connectivity index (χ0) is 23.5. The van der Waals surface area contributed by atoms with Crippen molar-refractivity contribution >= 4 is 11.8 Å². The highest BCUT2D eigenvalue weighted by Gasteiger charge is 2.31. The molecule has 0 saturated carbocycles. The molecule has 0 aliphatic carbocycles. The standard InChI is InChI=1S/C23H25F3N2O4/c1-13(2)21(28-14(3)29)22(30)27-12-19-11-17-9-16(7-8-20(17)31-19)15-5-4-6-18(10-15)32-23(24,25)26/h4-10,13,19,21H,11-12H2,1-3H3,(H,27,30)(H,28,29)/t19-,21-/m0/s1. The Hall–Kier alpha value is -3.23. The Morgan fingerprint density at radius 1 is 1.16 bits per heavy atom. The molecule has 2 amide bonds. The molecule has 1 heterocycles. The Bertz CT molecular complexity index is 991. The van der Waals surface area contributed by atoms with Gasteiger partial charge in [-0.05, 0) is 46.9 Å². The van der Waals surface area contributed by atoms with Crippen LogP contribution < -0.4 is 20.1 Å². The molecule has 32 heavy (non-hydrogen) atoms. The van der Waals surface area contributed by atoms with Crippen LogP contribution in [-0.2, 0) is 16.0 Å². The van der Waals surface area contributed by atoms with E-state index in [1.807, 2.05) is 19.9 Å². The van der Waals surface area contributed by atoms with E-state index in [-0.39, 0.29) is 36.1 Å². The van der Waals surface area contributed by atoms with Gasteiger partial charge in [0.2, 0.25) is 11.8 Å². The van der Waals surface area contributed by atoms with Gasteiger partial charge < -0.3 is 20.1 Å². The average Bonchev–Trinajstić information content (AvgIpc) is 3.11. The first kappa shape index (κ1) is 23.4. The lowest BCUT2D eigenvalue weighted by Gasteiger charge is -2.22. The van der Waals surface area contributed by atoms with Crippen molar-refractivity contribution in [2.24, 2.45) is 5.92 Å². The van der Waals surface area contributed by atoms with Gasteiger partial charge in [-0.25, -0.2) is 0 Å². The molecule has 2 atom stereocenters. The Labute approximate surface area is 184 Å². The van der Waals surface area contributed by atoms with Crippen molar-refractivity contribution in [3.8, 4) is 22.6 Å². The molecule has 2 aromatic rings. The number of hydrogen-bond acceptors (Lipinski definition) is 4. The molecule has 172 valence electrons. The van der Waals surface area contributed by atoms with E-state index in [9.17, 15) is 22.8 Å². The van der Waals surface area contributed by atoms with Crippen LogP contribution in [0.5, 0.6) is 11.5 Å². The van der Waals surface area contributed by atoms with Gasteiger partial charge in [0.05, 0.1) is 6.54 Å². The molecule has 1 aliphatic heterocycles. The lowest BCUT2D eigenvalue weighted by molar-refractivity contribution is -0.274. The maximum absolute atomic E-state index is 12.5. The predicted molar refractivity (Wildman–Crippen MR) is 112 cm³/mol. The van der Waals surface area contributed by atoms with Gasteiger partial charge in [0.25, 0.3) is 0 Å². The van der Waals surface area contributed by atoms with Gasteiger partial charge in [0.1, 0.15) is 23.6 Å². The zero-order valence-electron chi connectivity index (χ0n) is 18.0. The molecular weight excluding hydrogens is 425 g/mol. The summed E-state index contributed by atoms with van der Waals surface area (Å²) in [6.07, 6.45) is -4.50. The highest BCUT2D eigenvalue weighted by atomic mass is 19.4. The van der Waals surface area contributed by atoms with Crippen LogP contribution in [-0.4, -0.2) is 36.9 Å². The van der Waals surface area contributed by atoms with E-state index in [2.05, 4.69) is 15.4 Å². The number of hydrogen-bond donors (Lipinski definition) is 2. The SMILES string of the molecule is CC(=O)N[C@H](C(=O)NC[C@@H]1Cc2cc(-c3cccc(OC(F)(F)F)c3)ccc2O1)C(C)C. The molecule has 9 heteroatoms. The van der Waals surface area contributed by atoms with Crippen molar-refractivity contribution in [2.45, 2.75) is 45.7 Å². The van der Waals surface area contributed by atoms with Crippen LogP contribution in [0, 0.1) is 5.92 Å². The second kappa shape index (κ2) is 9.50. The van der Waals surface area contributed by atoms with Gasteiger partial charge in [-0.15, -0.1) is 13.2 Å². The molecule has 0 bridgehead atoms. The number of ether oxygens (including phenoxy) is 2. The largest absolute Gasteiger partial charge is 0.573 e. The molecule has 0 spiro atoms. The van der Waals surface area contributed by atoms with Gasteiger partial charge in [-0.2, -0.15) is 0 Å². The Morgan fingerprint density at radius 2 is 1.88 bits per heavy atom. The van der Waals surface area contributed by atoms with Gasteiger partial charge in [0.15, 0.2) is 0 Å². The third-order valence-electron chi connectivity index (χ3n) is 5.01. The Morgan fingerprint density at radius 3 is 2.53 bits per heavy atom. The zero-order valence-corrected chi connectivity index (χ0v) is 18.0. The maximum atomic E-state index is 12.5. The van der Waals surface area contributed by atoms with Crippen LogP contribution in [0.25, 0.3) is 11.1 Å². The summed E-state index contributed by atoms with van der Waals surface area (Å²) >= 11 is 0. The van der Waals surface area contributed by atoms with Gasteiger partial charge in [-0.1, -0.05) is 32.0 Å². The van der Waals surface area contributed by atoms with Crippen LogP contribution in [0.15, 0.2) is 42.5 Å². The van der Waals surface area contributed by atoms with Crippen LogP contribution >= 0.6 is 0 Å². The van der Waals surface area contributed by atoms with Crippen molar-refractivity contribution in [3.05, 3.63) is 48.0 Å². The molecule has 1 aliphatic rings. The minimum atomic E-state index is -4.75. The normalized spacial score (nSPS) is 16.2. The smallest absolute Gasteiger partial charge is 0.488 e. The summed E-state index contributed by atoms with van der Waals surface area (Å²) in [5, 5.41) is 5.46. The quantitative estimate of drug-likeness (QED) is 0.672. The van der Waals surface area contributed by atoms with Crippen molar-refractivity contribution < 1.29 is 32.2 Å². The third kappa shape index (κ3) is 6.15. The fourth-order valence-corrected chi connectivity index (χ4v) is 3.56. The average molecular weight is 450 g/mol. The van der Waals surface area contributed by atoms with E-state index in [1.165, 1.54) is 25.1 Å². The molecule has 0 aromatic heterocycles. The van der Waals surface area contributed by atoms with Crippen molar-refractivity contribution in [2.75, 3.05) is 6.54 Å². The number of carbonyl (C=O) groups is 2. The van der Waals surface area contributed by atoms with E-state index in [0.29, 0.717) is 17.7 Å². The number of alkyl halides is 3. The van der Waals surface area contributed by atoms with Gasteiger partial charge >= 0.3 is 6.36 Å². The van der Waals surface area contributed by atoms with Crippen LogP contribution in [0.3, 0.4) is 0 Å². The topological polar surface area (TPSA) is 76.7 Å². The lowest BCUT2D eigenvalue weighted by atomic mass is 10.0. The Balaban J connectivity index is 1.64. The highest BCUT2D eigenvalue weighted by Crippen LogP contribution is 2.34. The van der Waals surface area contributed by atoms with E-state index >= 15 is 0 Å². The van der Waals surface area contributed by atoms with E-state index in [4.69, 9.17) is 4.74 Å². The number of rotatable bonds is 7. The van der Waals surface area contributed by atoms with E-state index < -0.39 is 12.4 Å². The molecule has 0 saturated heterocycles. The van der Waals surface area contributed by atoms with E-state index in [0.717, 1.165) is 11.1 Å². The molecular formula is C23H25F3N2O4. The van der Waals surface area contributed by atoms with Crippen LogP contribution in [0.4, 0.5) is 13.2 Å². The van der Waals surface area contributed by atoms with Gasteiger partial charge in [0, 0.05) is 13.3 Å². The predicted octanol–water partition coefficient (Wildman–Crippen LogP) is 3.83. The number of benzene rings is 2. The first-order chi connectivity index (χ1) is 15.0. The number of nitrogens with one attached hydrogen (secondary N) is 2. The first-order valence-electron chi connectivity index (χ1n) is 10.2. The highest BCUT2D eigenvalue weighted by molar-refractivity contribution is 5.87. The number of carbonyl (C=O) groups excluding carboxylic acids is 2. The summed E-state index contributed by atoms with van der Waals surface area (Å²) < 4.78 is 47.4. The fourth-order valence-electron chi connectivity index (χ4n) is 3.56. The molecule has 0 unspecified atom stereocenters. The molecule has 0 fully saturated rings. The second-order valence-corrected chi connectivity index (χ2v) is 8.01. The molecule has 0 radical (unpaired) electrons. The van der Waals surface area contributed by atoms with Crippen molar-refractivity contribution in [1.29, 1.82) is 0 Å². The Kier molecular flexibility index (Phi) is 6.96. The van der Waals surface area contributed by atoms with Crippen LogP contribution in [0.2, 0.25) is 0 Å². The molecule has 2 N–H and O–H groups in total. The molecule has 6 nitrogen and oxygen atoms in total. The second-order valence-electron chi connectivity index (χ2n) is 8.01. The summed E-state index contributed by atoms with van der Waals surface area (Å²) in [4.78, 5) is 23.8. The molecule has 3 rings (SSSR count). The summed E-state index contributed by atoms with van der Waals surface area (Å²) in [5.41, 5.74) is 2.21. The van der Waals surface area contributed by atoms with Crippen molar-refractivity contribution in [1.82, 2.24) is 10.6 Å². The maximum Gasteiger partial charge on any atom is 0.573 e. The monoisotopic (exact) mass is 450 g/mol. The third-order valence-corrected chi connectivity index (χ3v) is 5.01. The molecule has 2 aromatic carbocycles. The lowest BCUT2D eigenvalue weighted by Crippen LogP contribution is -2.50.